The summed E-state index contributed by atoms with van der Waals surface area (Å²) >= 11 is 17.8. The minimum absolute atomic E-state index is 0.324. The Kier molecular flexibility index (Phi) is 7.04. The van der Waals surface area contributed by atoms with E-state index in [-0.39, 0.29) is 0 Å². The predicted octanol–water partition coefficient (Wildman–Crippen LogP) is 6.61. The normalized spacial score (nSPS) is 10.2. The van der Waals surface area contributed by atoms with Crippen molar-refractivity contribution in [2.45, 2.75) is 0 Å². The minimum Gasteiger partial charge on any atom is -0.495 e. The molecule has 29 heavy (non-hydrogen) atoms. The average molecular weight is 449 g/mol. The first-order chi connectivity index (χ1) is 14.0. The highest BCUT2D eigenvalue weighted by Crippen LogP contribution is 2.36. The SMILES string of the molecule is COc1cc(OC)c(NC(=S)Nc2ccc(Cl)cc2Oc2ccccc2)cc1Cl. The molecule has 150 valence electrons. The number of ether oxygens (including phenoxy) is 3. The van der Waals surface area contributed by atoms with E-state index in [1.54, 1.807) is 37.4 Å². The Morgan fingerprint density at radius 1 is 0.793 bits per heavy atom. The number of anilines is 2. The molecule has 2 N–H and O–H groups in total. The summed E-state index contributed by atoms with van der Waals surface area (Å²) in [5.41, 5.74) is 1.24. The van der Waals surface area contributed by atoms with Crippen LogP contribution in [0.15, 0.2) is 60.7 Å². The van der Waals surface area contributed by atoms with Crippen LogP contribution in [0.2, 0.25) is 10.0 Å². The minimum atomic E-state index is 0.324. The van der Waals surface area contributed by atoms with Crippen molar-refractivity contribution in [3.05, 3.63) is 70.7 Å². The summed E-state index contributed by atoms with van der Waals surface area (Å²) in [6.07, 6.45) is 0. The van der Waals surface area contributed by atoms with Crippen molar-refractivity contribution >= 4 is 51.9 Å². The number of hydrogen-bond donors (Lipinski definition) is 2. The van der Waals surface area contributed by atoms with Crippen LogP contribution in [0.1, 0.15) is 0 Å². The van der Waals surface area contributed by atoms with E-state index in [0.717, 1.165) is 0 Å². The number of methoxy groups -OCH3 is 2. The van der Waals surface area contributed by atoms with Gasteiger partial charge in [0.1, 0.15) is 17.2 Å². The molecule has 3 aromatic carbocycles. The van der Waals surface area contributed by atoms with Gasteiger partial charge in [0, 0.05) is 17.2 Å². The number of nitrogens with one attached hydrogen (secondary N) is 2. The molecule has 3 aromatic rings. The molecule has 5 nitrogen and oxygen atoms in total. The fourth-order valence-electron chi connectivity index (χ4n) is 2.53. The highest BCUT2D eigenvalue weighted by Gasteiger charge is 2.13. The third-order valence-corrected chi connectivity index (χ3v) is 4.62. The fourth-order valence-corrected chi connectivity index (χ4v) is 3.16. The summed E-state index contributed by atoms with van der Waals surface area (Å²) in [5.74, 6) is 2.25. The van der Waals surface area contributed by atoms with Gasteiger partial charge in [-0.15, -0.1) is 0 Å². The highest BCUT2D eigenvalue weighted by molar-refractivity contribution is 7.80. The van der Waals surface area contributed by atoms with Gasteiger partial charge in [-0.2, -0.15) is 0 Å². The van der Waals surface area contributed by atoms with Crippen molar-refractivity contribution < 1.29 is 14.2 Å². The lowest BCUT2D eigenvalue weighted by Gasteiger charge is -2.17. The summed E-state index contributed by atoms with van der Waals surface area (Å²) in [6, 6.07) is 18.0. The molecule has 0 saturated carbocycles. The lowest BCUT2D eigenvalue weighted by atomic mass is 10.2. The predicted molar refractivity (Wildman–Crippen MR) is 122 cm³/mol. The third-order valence-electron chi connectivity index (χ3n) is 3.88. The monoisotopic (exact) mass is 448 g/mol. The second-order valence-electron chi connectivity index (χ2n) is 5.82. The molecule has 0 aliphatic rings. The van der Waals surface area contributed by atoms with E-state index in [2.05, 4.69) is 10.6 Å². The fraction of sp³-hybridized carbons (Fsp3) is 0.0952. The van der Waals surface area contributed by atoms with Crippen molar-refractivity contribution in [3.63, 3.8) is 0 Å². The van der Waals surface area contributed by atoms with Gasteiger partial charge in [-0.05, 0) is 42.5 Å². The quantitative estimate of drug-likeness (QED) is 0.413. The number of benzene rings is 3. The summed E-state index contributed by atoms with van der Waals surface area (Å²) in [7, 11) is 3.09. The van der Waals surface area contributed by atoms with Crippen LogP contribution >= 0.6 is 35.4 Å². The van der Waals surface area contributed by atoms with Gasteiger partial charge in [0.15, 0.2) is 10.9 Å². The highest BCUT2D eigenvalue weighted by atomic mass is 35.5. The van der Waals surface area contributed by atoms with Crippen LogP contribution in [0, 0.1) is 0 Å². The first kappa shape index (κ1) is 21.0. The van der Waals surface area contributed by atoms with Crippen molar-refractivity contribution in [2.75, 3.05) is 24.9 Å². The van der Waals surface area contributed by atoms with Gasteiger partial charge in [-0.25, -0.2) is 0 Å². The number of para-hydroxylation sites is 1. The summed E-state index contributed by atoms with van der Waals surface area (Å²) < 4.78 is 16.5. The molecule has 0 fully saturated rings. The Bertz CT molecular complexity index is 1020. The van der Waals surface area contributed by atoms with Crippen molar-refractivity contribution in [2.24, 2.45) is 0 Å². The topological polar surface area (TPSA) is 51.8 Å². The Morgan fingerprint density at radius 2 is 1.48 bits per heavy atom. The van der Waals surface area contributed by atoms with Crippen LogP contribution in [-0.4, -0.2) is 19.3 Å². The van der Waals surface area contributed by atoms with Crippen LogP contribution in [-0.2, 0) is 0 Å². The molecule has 0 amide bonds. The Morgan fingerprint density at radius 3 is 2.17 bits per heavy atom. The second kappa shape index (κ2) is 9.69. The van der Waals surface area contributed by atoms with Gasteiger partial charge in [-0.1, -0.05) is 41.4 Å². The van der Waals surface area contributed by atoms with E-state index >= 15 is 0 Å². The lowest BCUT2D eigenvalue weighted by molar-refractivity contribution is 0.396. The second-order valence-corrected chi connectivity index (χ2v) is 7.07. The molecule has 0 atom stereocenters. The zero-order valence-corrected chi connectivity index (χ0v) is 18.0. The van der Waals surface area contributed by atoms with E-state index in [0.29, 0.717) is 49.5 Å². The van der Waals surface area contributed by atoms with E-state index in [1.807, 2.05) is 30.3 Å². The number of hydrogen-bond acceptors (Lipinski definition) is 4. The van der Waals surface area contributed by atoms with Crippen molar-refractivity contribution in [1.82, 2.24) is 0 Å². The summed E-state index contributed by atoms with van der Waals surface area (Å²) in [5, 5.41) is 7.49. The Balaban J connectivity index is 1.80. The summed E-state index contributed by atoms with van der Waals surface area (Å²) in [4.78, 5) is 0. The zero-order chi connectivity index (χ0) is 20.8. The van der Waals surface area contributed by atoms with Crippen molar-refractivity contribution in [1.29, 1.82) is 0 Å². The molecule has 3 rings (SSSR count). The number of halogens is 2. The first-order valence-corrected chi connectivity index (χ1v) is 9.68. The Labute approximate surface area is 184 Å². The van der Waals surface area contributed by atoms with E-state index in [1.165, 1.54) is 7.11 Å². The van der Waals surface area contributed by atoms with Crippen molar-refractivity contribution in [3.8, 4) is 23.0 Å². The van der Waals surface area contributed by atoms with Gasteiger partial charge >= 0.3 is 0 Å². The maximum atomic E-state index is 6.22. The number of rotatable bonds is 6. The number of thiocarbonyl (C=S) groups is 1. The maximum absolute atomic E-state index is 6.22. The molecule has 0 saturated heterocycles. The average Bonchev–Trinajstić information content (AvgIpc) is 2.71. The molecule has 0 radical (unpaired) electrons. The molecule has 8 heteroatoms. The molecule has 0 bridgehead atoms. The van der Waals surface area contributed by atoms with Crippen LogP contribution in [0.5, 0.6) is 23.0 Å². The van der Waals surface area contributed by atoms with Crippen LogP contribution in [0.25, 0.3) is 0 Å². The smallest absolute Gasteiger partial charge is 0.175 e. The van der Waals surface area contributed by atoms with Crippen LogP contribution in [0.3, 0.4) is 0 Å². The van der Waals surface area contributed by atoms with E-state index in [4.69, 9.17) is 49.6 Å². The molecule has 0 aromatic heterocycles. The van der Waals surface area contributed by atoms with Gasteiger partial charge in [0.05, 0.1) is 30.6 Å². The lowest BCUT2D eigenvalue weighted by Crippen LogP contribution is -2.20. The molecular weight excluding hydrogens is 431 g/mol. The molecule has 0 unspecified atom stereocenters. The maximum Gasteiger partial charge on any atom is 0.175 e. The Hall–Kier alpha value is -2.67. The van der Waals surface area contributed by atoms with Gasteiger partial charge in [-0.3, -0.25) is 0 Å². The standard InChI is InChI=1S/C21H18Cl2N2O3S/c1-26-18-12-19(27-2)17(11-15(18)23)25-21(29)24-16-9-8-13(22)10-20(16)28-14-6-4-3-5-7-14/h3-12H,1-2H3,(H2,24,25,29). The van der Waals surface area contributed by atoms with E-state index in [9.17, 15) is 0 Å². The molecule has 0 heterocycles. The molecule has 0 aliphatic heterocycles. The largest absolute Gasteiger partial charge is 0.495 e. The first-order valence-electron chi connectivity index (χ1n) is 8.52. The van der Waals surface area contributed by atoms with Gasteiger partial charge < -0.3 is 24.8 Å². The van der Waals surface area contributed by atoms with Crippen LogP contribution < -0.4 is 24.8 Å². The van der Waals surface area contributed by atoms with Gasteiger partial charge in [0.2, 0.25) is 0 Å². The molecular formula is C21H18Cl2N2O3S. The van der Waals surface area contributed by atoms with Crippen LogP contribution in [0.4, 0.5) is 11.4 Å². The zero-order valence-electron chi connectivity index (χ0n) is 15.7. The van der Waals surface area contributed by atoms with Gasteiger partial charge in [0.25, 0.3) is 0 Å². The third kappa shape index (κ3) is 5.44. The molecule has 0 spiro atoms. The molecule has 0 aliphatic carbocycles. The summed E-state index contributed by atoms with van der Waals surface area (Å²) in [6.45, 7) is 0. The van der Waals surface area contributed by atoms with E-state index < -0.39 is 0 Å².